The summed E-state index contributed by atoms with van der Waals surface area (Å²) < 4.78 is 0. The molecule has 0 bridgehead atoms. The summed E-state index contributed by atoms with van der Waals surface area (Å²) in [5.74, 6) is -0.0812. The molecule has 0 saturated carbocycles. The molecule has 1 aromatic heterocycles. The summed E-state index contributed by atoms with van der Waals surface area (Å²) in [5.41, 5.74) is 3.93. The molecule has 0 radical (unpaired) electrons. The highest BCUT2D eigenvalue weighted by Crippen LogP contribution is 2.37. The van der Waals surface area contributed by atoms with E-state index in [-0.39, 0.29) is 10.8 Å². The van der Waals surface area contributed by atoms with Crippen molar-refractivity contribution in [3.8, 4) is 5.88 Å². The normalized spacial score (nSPS) is 15.6. The number of hydrogen-bond acceptors (Lipinski definition) is 4. The second-order valence-electron chi connectivity index (χ2n) is 4.21. The Morgan fingerprint density at radius 1 is 1.42 bits per heavy atom. The van der Waals surface area contributed by atoms with Crippen molar-refractivity contribution in [2.45, 2.75) is 13.3 Å². The van der Waals surface area contributed by atoms with Crippen LogP contribution in [-0.2, 0) is 0 Å². The Kier molecular flexibility index (Phi) is 2.83. The number of para-hydroxylation sites is 1. The Labute approximate surface area is 113 Å². The molecule has 2 aromatic rings. The highest BCUT2D eigenvalue weighted by Gasteiger charge is 2.19. The van der Waals surface area contributed by atoms with E-state index in [1.54, 1.807) is 0 Å². The summed E-state index contributed by atoms with van der Waals surface area (Å²) in [6.45, 7) is 2.04. The van der Waals surface area contributed by atoms with Gasteiger partial charge in [-0.25, -0.2) is 0 Å². The molecule has 96 valence electrons. The smallest absolute Gasteiger partial charge is 0.307 e. The number of hydrogen-bond donors (Lipinski definition) is 2. The first kappa shape index (κ1) is 11.9. The Bertz CT molecular complexity index is 753. The Hall–Kier alpha value is -2.14. The summed E-state index contributed by atoms with van der Waals surface area (Å²) in [7, 11) is 0. The average molecular weight is 272 g/mol. The van der Waals surface area contributed by atoms with E-state index >= 15 is 0 Å². The van der Waals surface area contributed by atoms with Gasteiger partial charge in [0.1, 0.15) is 0 Å². The molecule has 0 spiro atoms. The third-order valence-electron chi connectivity index (χ3n) is 3.03. The van der Waals surface area contributed by atoms with Crippen LogP contribution in [0.3, 0.4) is 0 Å². The lowest BCUT2D eigenvalue weighted by atomic mass is 10.0. The fourth-order valence-corrected chi connectivity index (χ4v) is 2.82. The maximum Gasteiger partial charge on any atom is 0.307 e. The quantitative estimate of drug-likeness (QED) is 0.881. The lowest BCUT2D eigenvalue weighted by molar-refractivity contribution is 0.455. The molecule has 19 heavy (non-hydrogen) atoms. The van der Waals surface area contributed by atoms with Gasteiger partial charge < -0.3 is 5.11 Å². The van der Waals surface area contributed by atoms with E-state index in [0.29, 0.717) is 4.88 Å². The number of H-pyrrole nitrogens is 1. The summed E-state index contributed by atoms with van der Waals surface area (Å²) in [5, 5.41) is 9.67. The standard InChI is InChI=1S/C14H12N2O2S/c1-2-10-9(7-12-13(17)16-14(18)19-12)8-5-3-4-6-11(8)15-10/h3-7,17H,2H2,1H3,(H,16,18)/b9-7-. The van der Waals surface area contributed by atoms with Gasteiger partial charge in [0, 0.05) is 16.8 Å². The molecule has 1 aliphatic rings. The van der Waals surface area contributed by atoms with Gasteiger partial charge in [-0.2, -0.15) is 0 Å². The van der Waals surface area contributed by atoms with Crippen molar-refractivity contribution in [2.75, 3.05) is 0 Å². The third kappa shape index (κ3) is 2.02. The molecule has 0 atom stereocenters. The Morgan fingerprint density at radius 2 is 2.21 bits per heavy atom. The van der Waals surface area contributed by atoms with E-state index in [9.17, 15) is 9.90 Å². The number of rotatable bonds is 2. The zero-order valence-corrected chi connectivity index (χ0v) is 11.1. The van der Waals surface area contributed by atoms with Crippen LogP contribution in [0.4, 0.5) is 5.69 Å². The van der Waals surface area contributed by atoms with Crippen molar-refractivity contribution in [1.29, 1.82) is 0 Å². The summed E-state index contributed by atoms with van der Waals surface area (Å²) in [4.78, 5) is 18.4. The highest BCUT2D eigenvalue weighted by molar-refractivity contribution is 7.10. The van der Waals surface area contributed by atoms with Crippen LogP contribution in [0.15, 0.2) is 34.1 Å². The molecule has 2 N–H and O–H groups in total. The molecule has 0 saturated heterocycles. The first-order chi connectivity index (χ1) is 9.19. The van der Waals surface area contributed by atoms with Gasteiger partial charge in [0.05, 0.1) is 10.6 Å². The zero-order chi connectivity index (χ0) is 13.4. The Balaban J connectivity index is 2.16. The van der Waals surface area contributed by atoms with Crippen LogP contribution in [0.25, 0.3) is 11.6 Å². The molecular formula is C14H12N2O2S. The van der Waals surface area contributed by atoms with Crippen molar-refractivity contribution in [3.63, 3.8) is 0 Å². The number of nitrogens with zero attached hydrogens (tertiary/aromatic N) is 1. The van der Waals surface area contributed by atoms with Crippen LogP contribution >= 0.6 is 11.3 Å². The van der Waals surface area contributed by atoms with E-state index < -0.39 is 0 Å². The molecule has 0 fully saturated rings. The molecule has 0 amide bonds. The maximum absolute atomic E-state index is 11.2. The maximum atomic E-state index is 11.2. The topological polar surface area (TPSA) is 65.5 Å². The molecule has 0 aliphatic carbocycles. The van der Waals surface area contributed by atoms with Crippen LogP contribution in [0.5, 0.6) is 5.88 Å². The van der Waals surface area contributed by atoms with E-state index in [1.165, 1.54) is 0 Å². The van der Waals surface area contributed by atoms with Gasteiger partial charge in [-0.3, -0.25) is 14.8 Å². The van der Waals surface area contributed by atoms with E-state index in [0.717, 1.165) is 40.3 Å². The first-order valence-corrected chi connectivity index (χ1v) is 6.82. The summed E-state index contributed by atoms with van der Waals surface area (Å²) >= 11 is 0.996. The number of allylic oxidation sites excluding steroid dienone is 1. The predicted molar refractivity (Wildman–Crippen MR) is 78.3 cm³/mol. The van der Waals surface area contributed by atoms with E-state index in [4.69, 9.17) is 0 Å². The van der Waals surface area contributed by atoms with Crippen molar-refractivity contribution in [3.05, 3.63) is 44.4 Å². The number of aromatic hydroxyl groups is 1. The van der Waals surface area contributed by atoms with Gasteiger partial charge in [0.25, 0.3) is 0 Å². The zero-order valence-electron chi connectivity index (χ0n) is 10.3. The number of benzene rings is 1. The minimum atomic E-state index is -0.259. The van der Waals surface area contributed by atoms with Crippen molar-refractivity contribution in [1.82, 2.24) is 4.98 Å². The number of fused-ring (bicyclic) bond motifs is 1. The average Bonchev–Trinajstić information content (AvgIpc) is 2.91. The van der Waals surface area contributed by atoms with Crippen molar-refractivity contribution >= 4 is 34.4 Å². The fraction of sp³-hybridized carbons (Fsp3) is 0.143. The van der Waals surface area contributed by atoms with Gasteiger partial charge in [-0.1, -0.05) is 36.5 Å². The lowest BCUT2D eigenvalue weighted by Gasteiger charge is -2.02. The van der Waals surface area contributed by atoms with Gasteiger partial charge >= 0.3 is 4.87 Å². The van der Waals surface area contributed by atoms with Crippen LogP contribution in [0.1, 0.15) is 23.8 Å². The second kappa shape index (κ2) is 4.51. The molecule has 2 heterocycles. The minimum Gasteiger partial charge on any atom is -0.493 e. The number of aliphatic imine (C=N–C) groups is 1. The molecule has 0 unspecified atom stereocenters. The largest absolute Gasteiger partial charge is 0.493 e. The van der Waals surface area contributed by atoms with Crippen molar-refractivity contribution in [2.24, 2.45) is 4.99 Å². The van der Waals surface area contributed by atoms with Crippen LogP contribution in [-0.4, -0.2) is 15.8 Å². The van der Waals surface area contributed by atoms with Gasteiger partial charge in [0.15, 0.2) is 0 Å². The monoisotopic (exact) mass is 272 g/mol. The van der Waals surface area contributed by atoms with Gasteiger partial charge in [-0.15, -0.1) is 0 Å². The number of nitrogens with one attached hydrogen (secondary N) is 1. The number of aromatic nitrogens is 1. The summed E-state index contributed by atoms with van der Waals surface area (Å²) in [6.07, 6.45) is 2.63. The number of aromatic amines is 1. The lowest BCUT2D eigenvalue weighted by Crippen LogP contribution is -1.94. The second-order valence-corrected chi connectivity index (χ2v) is 5.23. The first-order valence-electron chi connectivity index (χ1n) is 6.00. The molecule has 3 rings (SSSR count). The predicted octanol–water partition coefficient (Wildman–Crippen LogP) is 3.18. The van der Waals surface area contributed by atoms with E-state index in [2.05, 4.69) is 9.98 Å². The third-order valence-corrected chi connectivity index (χ3v) is 3.85. The van der Waals surface area contributed by atoms with Crippen LogP contribution in [0.2, 0.25) is 0 Å². The Morgan fingerprint density at radius 3 is 2.89 bits per heavy atom. The highest BCUT2D eigenvalue weighted by atomic mass is 32.1. The fourth-order valence-electron chi connectivity index (χ4n) is 2.15. The molecular weight excluding hydrogens is 260 g/mol. The van der Waals surface area contributed by atoms with E-state index in [1.807, 2.05) is 37.3 Å². The van der Waals surface area contributed by atoms with Crippen LogP contribution < -0.4 is 4.87 Å². The summed E-state index contributed by atoms with van der Waals surface area (Å²) in [6, 6.07) is 7.87. The molecule has 1 aromatic carbocycles. The van der Waals surface area contributed by atoms with Gasteiger partial charge in [0.2, 0.25) is 5.88 Å². The van der Waals surface area contributed by atoms with Gasteiger partial charge in [-0.05, 0) is 18.6 Å². The van der Waals surface area contributed by atoms with Crippen LogP contribution in [0, 0.1) is 0 Å². The molecule has 1 aliphatic heterocycles. The van der Waals surface area contributed by atoms with Crippen molar-refractivity contribution < 1.29 is 5.11 Å². The SMILES string of the molecule is CCC1=Nc2ccccc2/C1=C/c1sc(=O)[nH]c1O. The molecule has 4 nitrogen and oxygen atoms in total. The number of thiazole rings is 1. The molecule has 5 heteroatoms. The minimum absolute atomic E-state index is 0.0812.